The third-order valence-corrected chi connectivity index (χ3v) is 3.28. The zero-order valence-corrected chi connectivity index (χ0v) is 11.5. The van der Waals surface area contributed by atoms with Gasteiger partial charge >= 0.3 is 0 Å². The SMILES string of the molecule is COc1ccc(C(Cc2cccc(Cl)c2)NN)cc1. The fraction of sp³-hybridized carbons (Fsp3) is 0.200. The van der Waals surface area contributed by atoms with Crippen molar-refractivity contribution in [3.8, 4) is 5.75 Å². The van der Waals surface area contributed by atoms with E-state index in [-0.39, 0.29) is 6.04 Å². The molecule has 3 N–H and O–H groups in total. The molecule has 0 saturated heterocycles. The standard InChI is InChI=1S/C15H17ClN2O/c1-19-14-7-5-12(6-8-14)15(18-17)10-11-3-2-4-13(16)9-11/h2-9,15,18H,10,17H2,1H3. The first-order valence-electron chi connectivity index (χ1n) is 6.07. The molecule has 0 amide bonds. The second kappa shape index (κ2) is 6.57. The number of hydrogen-bond donors (Lipinski definition) is 2. The summed E-state index contributed by atoms with van der Waals surface area (Å²) in [6, 6.07) is 15.7. The van der Waals surface area contributed by atoms with E-state index in [1.165, 1.54) is 0 Å². The van der Waals surface area contributed by atoms with Crippen molar-refractivity contribution in [3.05, 3.63) is 64.7 Å². The van der Waals surface area contributed by atoms with Crippen molar-refractivity contribution in [2.75, 3.05) is 7.11 Å². The highest BCUT2D eigenvalue weighted by molar-refractivity contribution is 6.30. The average Bonchev–Trinajstić information content (AvgIpc) is 2.45. The second-order valence-electron chi connectivity index (χ2n) is 4.33. The van der Waals surface area contributed by atoms with E-state index in [0.29, 0.717) is 0 Å². The minimum atomic E-state index is 0.0457. The summed E-state index contributed by atoms with van der Waals surface area (Å²) in [5.41, 5.74) is 5.10. The van der Waals surface area contributed by atoms with Crippen LogP contribution in [-0.2, 0) is 6.42 Å². The molecule has 0 radical (unpaired) electrons. The van der Waals surface area contributed by atoms with Gasteiger partial charge in [0.25, 0.3) is 0 Å². The molecule has 0 aliphatic rings. The Balaban J connectivity index is 2.15. The van der Waals surface area contributed by atoms with Crippen LogP contribution in [0.25, 0.3) is 0 Å². The fourth-order valence-corrected chi connectivity index (χ4v) is 2.22. The van der Waals surface area contributed by atoms with E-state index in [1.807, 2.05) is 48.5 Å². The van der Waals surface area contributed by atoms with Crippen LogP contribution in [0, 0.1) is 0 Å². The summed E-state index contributed by atoms with van der Waals surface area (Å²) >= 11 is 5.99. The van der Waals surface area contributed by atoms with Gasteiger partial charge in [0.2, 0.25) is 0 Å². The number of ether oxygens (including phenoxy) is 1. The van der Waals surface area contributed by atoms with Crippen LogP contribution in [0.5, 0.6) is 5.75 Å². The molecular weight excluding hydrogens is 260 g/mol. The summed E-state index contributed by atoms with van der Waals surface area (Å²) in [6.45, 7) is 0. The molecule has 0 aromatic heterocycles. The molecule has 2 aromatic carbocycles. The monoisotopic (exact) mass is 276 g/mol. The molecule has 0 saturated carbocycles. The quantitative estimate of drug-likeness (QED) is 0.652. The van der Waals surface area contributed by atoms with Crippen LogP contribution in [0.15, 0.2) is 48.5 Å². The molecule has 100 valence electrons. The van der Waals surface area contributed by atoms with Crippen molar-refractivity contribution < 1.29 is 4.74 Å². The van der Waals surface area contributed by atoms with Crippen LogP contribution in [0.3, 0.4) is 0 Å². The smallest absolute Gasteiger partial charge is 0.118 e. The van der Waals surface area contributed by atoms with E-state index in [0.717, 1.165) is 28.3 Å². The van der Waals surface area contributed by atoms with E-state index in [4.69, 9.17) is 22.2 Å². The van der Waals surface area contributed by atoms with Gasteiger partial charge in [-0.3, -0.25) is 11.3 Å². The lowest BCUT2D eigenvalue weighted by atomic mass is 9.99. The Morgan fingerprint density at radius 3 is 2.53 bits per heavy atom. The number of hydrazine groups is 1. The molecule has 1 atom stereocenters. The maximum atomic E-state index is 5.99. The van der Waals surface area contributed by atoms with Crippen molar-refractivity contribution in [2.45, 2.75) is 12.5 Å². The first-order chi connectivity index (χ1) is 9.22. The predicted molar refractivity (Wildman–Crippen MR) is 78.2 cm³/mol. The number of benzene rings is 2. The Kier molecular flexibility index (Phi) is 4.80. The van der Waals surface area contributed by atoms with Gasteiger partial charge in [-0.25, -0.2) is 0 Å². The lowest BCUT2D eigenvalue weighted by molar-refractivity contribution is 0.414. The van der Waals surface area contributed by atoms with Gasteiger partial charge in [0.1, 0.15) is 5.75 Å². The van der Waals surface area contributed by atoms with Gasteiger partial charge in [-0.05, 0) is 41.8 Å². The van der Waals surface area contributed by atoms with Gasteiger partial charge in [0.15, 0.2) is 0 Å². The minimum absolute atomic E-state index is 0.0457. The topological polar surface area (TPSA) is 47.3 Å². The molecule has 0 spiro atoms. The molecule has 0 heterocycles. The lowest BCUT2D eigenvalue weighted by Gasteiger charge is -2.17. The summed E-state index contributed by atoms with van der Waals surface area (Å²) in [5.74, 6) is 6.48. The van der Waals surface area contributed by atoms with Crippen LogP contribution in [0.2, 0.25) is 5.02 Å². The molecule has 2 rings (SSSR count). The van der Waals surface area contributed by atoms with Gasteiger partial charge in [0.05, 0.1) is 7.11 Å². The van der Waals surface area contributed by atoms with Crippen LogP contribution >= 0.6 is 11.6 Å². The van der Waals surface area contributed by atoms with E-state index in [9.17, 15) is 0 Å². The van der Waals surface area contributed by atoms with Crippen molar-refractivity contribution in [1.82, 2.24) is 5.43 Å². The van der Waals surface area contributed by atoms with E-state index in [2.05, 4.69) is 5.43 Å². The fourth-order valence-electron chi connectivity index (χ4n) is 2.01. The van der Waals surface area contributed by atoms with Gasteiger partial charge in [-0.1, -0.05) is 35.9 Å². The molecule has 0 aliphatic carbocycles. The van der Waals surface area contributed by atoms with Crippen LogP contribution in [0.4, 0.5) is 0 Å². The van der Waals surface area contributed by atoms with Crippen LogP contribution < -0.4 is 16.0 Å². The maximum Gasteiger partial charge on any atom is 0.118 e. The predicted octanol–water partition coefficient (Wildman–Crippen LogP) is 3.10. The Morgan fingerprint density at radius 1 is 1.21 bits per heavy atom. The molecule has 2 aromatic rings. The average molecular weight is 277 g/mol. The van der Waals surface area contributed by atoms with Gasteiger partial charge < -0.3 is 4.74 Å². The van der Waals surface area contributed by atoms with E-state index in [1.54, 1.807) is 7.11 Å². The Hall–Kier alpha value is -1.55. The van der Waals surface area contributed by atoms with Crippen molar-refractivity contribution >= 4 is 11.6 Å². The largest absolute Gasteiger partial charge is 0.497 e. The van der Waals surface area contributed by atoms with Gasteiger partial charge in [-0.15, -0.1) is 0 Å². The number of rotatable bonds is 5. The summed E-state index contributed by atoms with van der Waals surface area (Å²) in [4.78, 5) is 0. The first-order valence-corrected chi connectivity index (χ1v) is 6.45. The first kappa shape index (κ1) is 13.9. The molecule has 19 heavy (non-hydrogen) atoms. The van der Waals surface area contributed by atoms with Crippen molar-refractivity contribution in [1.29, 1.82) is 0 Å². The van der Waals surface area contributed by atoms with Crippen molar-refractivity contribution in [2.24, 2.45) is 5.84 Å². The summed E-state index contributed by atoms with van der Waals surface area (Å²) in [6.07, 6.45) is 0.781. The Labute approximate surface area is 118 Å². The van der Waals surface area contributed by atoms with Crippen LogP contribution in [-0.4, -0.2) is 7.11 Å². The molecule has 4 heteroatoms. The molecule has 0 fully saturated rings. The zero-order chi connectivity index (χ0) is 13.7. The maximum absolute atomic E-state index is 5.99. The Morgan fingerprint density at radius 2 is 1.95 bits per heavy atom. The molecule has 1 unspecified atom stereocenters. The number of nitrogens with one attached hydrogen (secondary N) is 1. The van der Waals surface area contributed by atoms with Gasteiger partial charge in [0, 0.05) is 11.1 Å². The van der Waals surface area contributed by atoms with E-state index < -0.39 is 0 Å². The zero-order valence-electron chi connectivity index (χ0n) is 10.8. The Bertz CT molecular complexity index is 528. The van der Waals surface area contributed by atoms with Gasteiger partial charge in [-0.2, -0.15) is 0 Å². The van der Waals surface area contributed by atoms with E-state index >= 15 is 0 Å². The highest BCUT2D eigenvalue weighted by Gasteiger charge is 2.10. The number of nitrogens with two attached hydrogens (primary N) is 1. The molecule has 0 aliphatic heterocycles. The van der Waals surface area contributed by atoms with Crippen molar-refractivity contribution in [3.63, 3.8) is 0 Å². The van der Waals surface area contributed by atoms with Crippen LogP contribution in [0.1, 0.15) is 17.2 Å². The second-order valence-corrected chi connectivity index (χ2v) is 4.76. The summed E-state index contributed by atoms with van der Waals surface area (Å²) in [5, 5.41) is 0.739. The summed E-state index contributed by atoms with van der Waals surface area (Å²) < 4.78 is 5.15. The lowest BCUT2D eigenvalue weighted by Crippen LogP contribution is -2.29. The third kappa shape index (κ3) is 3.70. The number of halogens is 1. The third-order valence-electron chi connectivity index (χ3n) is 3.05. The number of hydrogen-bond acceptors (Lipinski definition) is 3. The molecular formula is C15H17ClN2O. The molecule has 3 nitrogen and oxygen atoms in total. The number of methoxy groups -OCH3 is 1. The normalized spacial score (nSPS) is 12.2. The minimum Gasteiger partial charge on any atom is -0.497 e. The highest BCUT2D eigenvalue weighted by Crippen LogP contribution is 2.22. The highest BCUT2D eigenvalue weighted by atomic mass is 35.5. The summed E-state index contributed by atoms with van der Waals surface area (Å²) in [7, 11) is 1.65. The molecule has 0 bridgehead atoms.